The zero-order valence-electron chi connectivity index (χ0n) is 15.7. The van der Waals surface area contributed by atoms with Crippen LogP contribution in [0.2, 0.25) is 0 Å². The molecule has 0 saturated heterocycles. The molecule has 8 heteroatoms. The highest BCUT2D eigenvalue weighted by molar-refractivity contribution is 7.18. The fourth-order valence-electron chi connectivity index (χ4n) is 3.18. The van der Waals surface area contributed by atoms with Crippen molar-refractivity contribution in [1.82, 2.24) is 15.3 Å². The lowest BCUT2D eigenvalue weighted by Gasteiger charge is -2.11. The van der Waals surface area contributed by atoms with E-state index in [2.05, 4.69) is 15.3 Å². The zero-order chi connectivity index (χ0) is 19.4. The average Bonchev–Trinajstić information content (AvgIpc) is 3.03. The highest BCUT2D eigenvalue weighted by Crippen LogP contribution is 2.33. The Balaban J connectivity index is 1.58. The Bertz CT molecular complexity index is 902. The van der Waals surface area contributed by atoms with Gasteiger partial charge in [0, 0.05) is 17.3 Å². The third kappa shape index (κ3) is 4.74. The molecule has 7 nitrogen and oxygen atoms in total. The number of rotatable bonds is 7. The van der Waals surface area contributed by atoms with Gasteiger partial charge < -0.3 is 15.0 Å². The lowest BCUT2D eigenvalue weighted by molar-refractivity contribution is -0.148. The lowest BCUT2D eigenvalue weighted by atomic mass is 9.97. The first-order valence-electron chi connectivity index (χ1n) is 9.46. The van der Waals surface area contributed by atoms with Crippen molar-refractivity contribution in [3.05, 3.63) is 26.6 Å². The molecular weight excluding hydrogens is 366 g/mol. The van der Waals surface area contributed by atoms with Gasteiger partial charge in [0.15, 0.2) is 6.61 Å². The van der Waals surface area contributed by atoms with Crippen molar-refractivity contribution in [2.24, 2.45) is 0 Å². The Morgan fingerprint density at radius 3 is 2.89 bits per heavy atom. The zero-order valence-corrected chi connectivity index (χ0v) is 16.5. The number of aryl methyl sites for hydroxylation is 3. The minimum absolute atomic E-state index is 0.0498. The smallest absolute Gasteiger partial charge is 0.306 e. The van der Waals surface area contributed by atoms with Crippen LogP contribution < -0.4 is 10.9 Å². The second kappa shape index (κ2) is 8.65. The Labute approximate surface area is 161 Å². The van der Waals surface area contributed by atoms with E-state index in [0.717, 1.165) is 42.5 Å². The van der Waals surface area contributed by atoms with Gasteiger partial charge in [0.05, 0.1) is 11.8 Å². The van der Waals surface area contributed by atoms with Crippen molar-refractivity contribution in [1.29, 1.82) is 0 Å². The third-order valence-corrected chi connectivity index (χ3v) is 6.01. The number of carbonyl (C=O) groups excluding carboxylic acids is 2. The van der Waals surface area contributed by atoms with Gasteiger partial charge in [-0.05, 0) is 44.6 Å². The maximum atomic E-state index is 12.5. The number of aromatic nitrogens is 2. The molecule has 2 aromatic rings. The number of esters is 1. The molecule has 1 atom stereocenters. The summed E-state index contributed by atoms with van der Waals surface area (Å²) in [4.78, 5) is 45.3. The van der Waals surface area contributed by atoms with Gasteiger partial charge in [0.2, 0.25) is 0 Å². The molecule has 27 heavy (non-hydrogen) atoms. The fraction of sp³-hybridized carbons (Fsp3) is 0.579. The summed E-state index contributed by atoms with van der Waals surface area (Å²) in [5.74, 6) is -0.315. The van der Waals surface area contributed by atoms with Gasteiger partial charge in [0.25, 0.3) is 11.5 Å². The standard InChI is InChI=1S/C19H25N3O4S/c1-3-11(2)20-15(23)10-26-16(24)9-8-14-21-18(25)17-12-6-4-5-7-13(12)27-19(17)22-14/h11H,3-10H2,1-2H3,(H,20,23)(H,21,22,25)/t11-/m1/s1. The number of hydrogen-bond acceptors (Lipinski definition) is 6. The number of ether oxygens (including phenoxy) is 1. The van der Waals surface area contributed by atoms with Crippen LogP contribution in [0.1, 0.15) is 55.8 Å². The van der Waals surface area contributed by atoms with Gasteiger partial charge in [-0.1, -0.05) is 6.92 Å². The van der Waals surface area contributed by atoms with Crippen molar-refractivity contribution >= 4 is 33.4 Å². The first-order chi connectivity index (χ1) is 13.0. The highest BCUT2D eigenvalue weighted by atomic mass is 32.1. The number of fused-ring (bicyclic) bond motifs is 3. The molecule has 0 saturated carbocycles. The largest absolute Gasteiger partial charge is 0.456 e. The Kier molecular flexibility index (Phi) is 6.26. The lowest BCUT2D eigenvalue weighted by Crippen LogP contribution is -2.35. The van der Waals surface area contributed by atoms with Crippen LogP contribution >= 0.6 is 11.3 Å². The SMILES string of the molecule is CC[C@@H](C)NC(=O)COC(=O)CCc1nc2sc3c(c2c(=O)[nH]1)CCCC3. The summed E-state index contributed by atoms with van der Waals surface area (Å²) in [6, 6.07) is 0.0498. The van der Waals surface area contributed by atoms with E-state index in [1.165, 1.54) is 4.88 Å². The quantitative estimate of drug-likeness (QED) is 0.705. The maximum Gasteiger partial charge on any atom is 0.306 e. The molecule has 0 aliphatic heterocycles. The van der Waals surface area contributed by atoms with E-state index in [9.17, 15) is 14.4 Å². The molecule has 0 radical (unpaired) electrons. The van der Waals surface area contributed by atoms with Crippen LogP contribution in [0, 0.1) is 0 Å². The molecule has 0 bridgehead atoms. The summed E-state index contributed by atoms with van der Waals surface area (Å²) in [6.07, 6.45) is 5.36. The first kappa shape index (κ1) is 19.5. The summed E-state index contributed by atoms with van der Waals surface area (Å²) in [7, 11) is 0. The number of nitrogens with zero attached hydrogens (tertiary/aromatic N) is 1. The fourth-order valence-corrected chi connectivity index (χ4v) is 4.47. The summed E-state index contributed by atoms with van der Waals surface area (Å²) in [6.45, 7) is 3.57. The number of thiophene rings is 1. The van der Waals surface area contributed by atoms with Gasteiger partial charge in [-0.15, -0.1) is 11.3 Å². The van der Waals surface area contributed by atoms with Crippen molar-refractivity contribution in [2.75, 3.05) is 6.61 Å². The van der Waals surface area contributed by atoms with Crippen LogP contribution in [0.25, 0.3) is 10.2 Å². The topological polar surface area (TPSA) is 101 Å². The summed E-state index contributed by atoms with van der Waals surface area (Å²) < 4.78 is 4.99. The molecule has 0 fully saturated rings. The number of carbonyl (C=O) groups is 2. The van der Waals surface area contributed by atoms with Gasteiger partial charge in [-0.25, -0.2) is 4.98 Å². The number of H-pyrrole nitrogens is 1. The molecule has 0 aromatic carbocycles. The van der Waals surface area contributed by atoms with E-state index in [0.29, 0.717) is 11.2 Å². The summed E-state index contributed by atoms with van der Waals surface area (Å²) >= 11 is 1.58. The third-order valence-electron chi connectivity index (χ3n) is 4.82. The summed E-state index contributed by atoms with van der Waals surface area (Å²) in [5, 5.41) is 3.45. The van der Waals surface area contributed by atoms with Gasteiger partial charge in [0.1, 0.15) is 10.7 Å². The van der Waals surface area contributed by atoms with E-state index in [-0.39, 0.29) is 37.0 Å². The van der Waals surface area contributed by atoms with Gasteiger partial charge in [-0.3, -0.25) is 14.4 Å². The summed E-state index contributed by atoms with van der Waals surface area (Å²) in [5.41, 5.74) is 1.02. The van der Waals surface area contributed by atoms with Crippen LogP contribution in [-0.4, -0.2) is 34.5 Å². The average molecular weight is 391 g/mol. The number of hydrogen-bond donors (Lipinski definition) is 2. The van der Waals surface area contributed by atoms with Crippen molar-refractivity contribution in [3.63, 3.8) is 0 Å². The first-order valence-corrected chi connectivity index (χ1v) is 10.3. The van der Waals surface area contributed by atoms with E-state index < -0.39 is 5.97 Å². The predicted molar refractivity (Wildman–Crippen MR) is 104 cm³/mol. The highest BCUT2D eigenvalue weighted by Gasteiger charge is 2.20. The minimum Gasteiger partial charge on any atom is -0.456 e. The second-order valence-corrected chi connectivity index (χ2v) is 8.02. The van der Waals surface area contributed by atoms with Crippen LogP contribution in [-0.2, 0) is 33.6 Å². The minimum atomic E-state index is -0.484. The van der Waals surface area contributed by atoms with Crippen molar-refractivity contribution in [3.8, 4) is 0 Å². The van der Waals surface area contributed by atoms with Crippen LogP contribution in [0.4, 0.5) is 0 Å². The molecular formula is C19H25N3O4S. The number of nitrogens with one attached hydrogen (secondary N) is 2. The molecule has 2 heterocycles. The molecule has 2 N–H and O–H groups in total. The number of amides is 1. The monoisotopic (exact) mass is 391 g/mol. The second-order valence-electron chi connectivity index (χ2n) is 6.94. The van der Waals surface area contributed by atoms with Gasteiger partial charge >= 0.3 is 5.97 Å². The van der Waals surface area contributed by atoms with E-state index in [1.54, 1.807) is 11.3 Å². The van der Waals surface area contributed by atoms with Crippen LogP contribution in [0.5, 0.6) is 0 Å². The Hall–Kier alpha value is -2.22. The van der Waals surface area contributed by atoms with E-state index in [4.69, 9.17) is 4.74 Å². The molecule has 3 rings (SSSR count). The van der Waals surface area contributed by atoms with Crippen molar-refractivity contribution in [2.45, 2.75) is 64.8 Å². The van der Waals surface area contributed by atoms with Crippen LogP contribution in [0.15, 0.2) is 4.79 Å². The Morgan fingerprint density at radius 2 is 2.11 bits per heavy atom. The van der Waals surface area contributed by atoms with Crippen LogP contribution in [0.3, 0.4) is 0 Å². The van der Waals surface area contributed by atoms with Crippen molar-refractivity contribution < 1.29 is 14.3 Å². The molecule has 1 aliphatic rings. The number of aromatic amines is 1. The molecule has 1 aliphatic carbocycles. The molecule has 146 valence electrons. The molecule has 0 spiro atoms. The molecule has 2 aromatic heterocycles. The van der Waals surface area contributed by atoms with E-state index >= 15 is 0 Å². The Morgan fingerprint density at radius 1 is 1.33 bits per heavy atom. The van der Waals surface area contributed by atoms with Gasteiger partial charge in [-0.2, -0.15) is 0 Å². The predicted octanol–water partition coefficient (Wildman–Crippen LogP) is 2.25. The maximum absolute atomic E-state index is 12.5. The molecule has 1 amide bonds. The van der Waals surface area contributed by atoms with E-state index in [1.807, 2.05) is 13.8 Å². The normalized spacial score (nSPS) is 14.6. The molecule has 0 unspecified atom stereocenters.